The van der Waals surface area contributed by atoms with Crippen LogP contribution in [0.3, 0.4) is 0 Å². The summed E-state index contributed by atoms with van der Waals surface area (Å²) in [7, 11) is 3.11. The maximum atomic E-state index is 12.6. The lowest BCUT2D eigenvalue weighted by atomic mass is 10.1. The molecule has 1 aliphatic carbocycles. The van der Waals surface area contributed by atoms with Crippen molar-refractivity contribution in [1.82, 2.24) is 10.9 Å². The van der Waals surface area contributed by atoms with Crippen LogP contribution in [0.15, 0.2) is 66.7 Å². The van der Waals surface area contributed by atoms with Crippen molar-refractivity contribution >= 4 is 5.91 Å². The molecule has 136 valence electrons. The molecule has 3 aromatic rings. The van der Waals surface area contributed by atoms with Crippen LogP contribution < -0.4 is 20.3 Å². The summed E-state index contributed by atoms with van der Waals surface area (Å²) in [6.45, 7) is 0. The monoisotopic (exact) mass is 360 g/mol. The van der Waals surface area contributed by atoms with Crippen molar-refractivity contribution in [3.8, 4) is 22.6 Å². The number of nitrogens with one attached hydrogen (secondary N) is 2. The third-order valence-corrected chi connectivity index (χ3v) is 4.81. The van der Waals surface area contributed by atoms with Gasteiger partial charge in [0.05, 0.1) is 20.3 Å². The molecule has 0 heterocycles. The van der Waals surface area contributed by atoms with Gasteiger partial charge < -0.3 is 9.47 Å². The molecule has 3 aromatic carbocycles. The van der Waals surface area contributed by atoms with Crippen LogP contribution in [0.2, 0.25) is 0 Å². The van der Waals surface area contributed by atoms with Gasteiger partial charge in [0.15, 0.2) is 11.5 Å². The summed E-state index contributed by atoms with van der Waals surface area (Å²) < 4.78 is 10.5. The molecule has 5 nitrogen and oxygen atoms in total. The molecule has 1 amide bonds. The first-order chi connectivity index (χ1) is 13.2. The molecule has 4 rings (SSSR count). The van der Waals surface area contributed by atoms with Gasteiger partial charge in [-0.15, -0.1) is 0 Å². The molecule has 0 saturated carbocycles. The number of benzene rings is 3. The quantitative estimate of drug-likeness (QED) is 0.681. The van der Waals surface area contributed by atoms with Gasteiger partial charge in [0.2, 0.25) is 0 Å². The molecule has 27 heavy (non-hydrogen) atoms. The Balaban J connectivity index is 1.56. The van der Waals surface area contributed by atoms with Gasteiger partial charge in [-0.3, -0.25) is 10.2 Å². The molecule has 0 radical (unpaired) electrons. The van der Waals surface area contributed by atoms with E-state index < -0.39 is 0 Å². The lowest BCUT2D eigenvalue weighted by Gasteiger charge is -2.17. The smallest absolute Gasteiger partial charge is 0.265 e. The van der Waals surface area contributed by atoms with Crippen molar-refractivity contribution in [2.24, 2.45) is 0 Å². The van der Waals surface area contributed by atoms with Crippen molar-refractivity contribution in [3.63, 3.8) is 0 Å². The van der Waals surface area contributed by atoms with Crippen LogP contribution >= 0.6 is 0 Å². The van der Waals surface area contributed by atoms with Gasteiger partial charge in [0.25, 0.3) is 5.91 Å². The average molecular weight is 360 g/mol. The van der Waals surface area contributed by atoms with Gasteiger partial charge in [-0.05, 0) is 40.5 Å². The topological polar surface area (TPSA) is 59.6 Å². The minimum absolute atomic E-state index is 0.0958. The largest absolute Gasteiger partial charge is 0.493 e. The van der Waals surface area contributed by atoms with Crippen LogP contribution in [0.1, 0.15) is 27.5 Å². The van der Waals surface area contributed by atoms with E-state index in [2.05, 4.69) is 35.1 Å². The zero-order chi connectivity index (χ0) is 18.8. The van der Waals surface area contributed by atoms with Crippen LogP contribution in [0.25, 0.3) is 11.1 Å². The summed E-state index contributed by atoms with van der Waals surface area (Å²) in [6.07, 6.45) is 0. The molecule has 0 aliphatic heterocycles. The number of carbonyl (C=O) groups excluding carboxylic acids is 1. The summed E-state index contributed by atoms with van der Waals surface area (Å²) in [6, 6.07) is 21.4. The van der Waals surface area contributed by atoms with E-state index in [4.69, 9.17) is 9.47 Å². The fourth-order valence-corrected chi connectivity index (χ4v) is 3.50. The van der Waals surface area contributed by atoms with Crippen molar-refractivity contribution in [3.05, 3.63) is 83.4 Å². The highest BCUT2D eigenvalue weighted by Crippen LogP contribution is 2.42. The van der Waals surface area contributed by atoms with E-state index in [1.165, 1.54) is 11.1 Å². The van der Waals surface area contributed by atoms with Crippen LogP contribution in [-0.2, 0) is 0 Å². The van der Waals surface area contributed by atoms with Crippen molar-refractivity contribution in [2.45, 2.75) is 6.04 Å². The summed E-state index contributed by atoms with van der Waals surface area (Å²) in [5.41, 5.74) is 11.2. The molecule has 0 atom stereocenters. The number of carbonyl (C=O) groups is 1. The lowest BCUT2D eigenvalue weighted by molar-refractivity contribution is 0.0928. The van der Waals surface area contributed by atoms with E-state index in [-0.39, 0.29) is 11.9 Å². The second kappa shape index (κ2) is 7.13. The van der Waals surface area contributed by atoms with E-state index in [0.717, 1.165) is 11.1 Å². The first-order valence-electron chi connectivity index (χ1n) is 8.69. The van der Waals surface area contributed by atoms with Crippen LogP contribution in [0, 0.1) is 0 Å². The van der Waals surface area contributed by atoms with Gasteiger partial charge in [-0.1, -0.05) is 48.5 Å². The first kappa shape index (κ1) is 17.1. The number of hydrazine groups is 1. The van der Waals surface area contributed by atoms with Crippen molar-refractivity contribution in [2.75, 3.05) is 14.2 Å². The summed E-state index contributed by atoms with van der Waals surface area (Å²) >= 11 is 0. The highest BCUT2D eigenvalue weighted by Gasteiger charge is 2.28. The van der Waals surface area contributed by atoms with Gasteiger partial charge in [0.1, 0.15) is 0 Å². The van der Waals surface area contributed by atoms with E-state index in [9.17, 15) is 4.79 Å². The van der Waals surface area contributed by atoms with Crippen LogP contribution in [-0.4, -0.2) is 20.1 Å². The van der Waals surface area contributed by atoms with E-state index in [1.807, 2.05) is 24.3 Å². The minimum Gasteiger partial charge on any atom is -0.493 e. The number of rotatable bonds is 5. The maximum absolute atomic E-state index is 12.6. The van der Waals surface area contributed by atoms with Gasteiger partial charge in [-0.2, -0.15) is 0 Å². The Morgan fingerprint density at radius 2 is 1.41 bits per heavy atom. The Kier molecular flexibility index (Phi) is 4.52. The molecule has 0 saturated heterocycles. The molecule has 2 N–H and O–H groups in total. The molecule has 5 heteroatoms. The number of fused-ring (bicyclic) bond motifs is 3. The number of amides is 1. The fourth-order valence-electron chi connectivity index (χ4n) is 3.50. The standard InChI is InChI=1S/C22H20N2O3/c1-26-19-12-11-14(13-20(19)27-2)22(25)24-23-21-17-9-5-3-7-15(17)16-8-4-6-10-18(16)21/h3-13,21,23H,1-2H3,(H,24,25). The van der Waals surface area contributed by atoms with Crippen molar-refractivity contribution in [1.29, 1.82) is 0 Å². The Bertz CT molecular complexity index is 955. The Morgan fingerprint density at radius 3 is 2.00 bits per heavy atom. The normalized spacial score (nSPS) is 12.2. The Hall–Kier alpha value is -3.31. The highest BCUT2D eigenvalue weighted by atomic mass is 16.5. The number of ether oxygens (including phenoxy) is 2. The van der Waals surface area contributed by atoms with E-state index >= 15 is 0 Å². The van der Waals surface area contributed by atoms with Crippen LogP contribution in [0.5, 0.6) is 11.5 Å². The molecule has 0 aromatic heterocycles. The van der Waals surface area contributed by atoms with Crippen molar-refractivity contribution < 1.29 is 14.3 Å². The Labute approximate surface area is 157 Å². The predicted octanol–water partition coefficient (Wildman–Crippen LogP) is 3.71. The molecule has 0 fully saturated rings. The lowest BCUT2D eigenvalue weighted by Crippen LogP contribution is -2.39. The molecule has 0 unspecified atom stereocenters. The van der Waals surface area contributed by atoms with E-state index in [1.54, 1.807) is 32.4 Å². The summed E-state index contributed by atoms with van der Waals surface area (Å²) in [5, 5.41) is 0. The fraction of sp³-hybridized carbons (Fsp3) is 0.136. The maximum Gasteiger partial charge on any atom is 0.265 e. The third kappa shape index (κ3) is 3.02. The molecule has 0 spiro atoms. The SMILES string of the molecule is COc1ccc(C(=O)NNC2c3ccccc3-c3ccccc32)cc1OC. The average Bonchev–Trinajstić information content (AvgIpc) is 3.05. The van der Waals surface area contributed by atoms with E-state index in [0.29, 0.717) is 17.1 Å². The first-order valence-corrected chi connectivity index (χ1v) is 8.69. The summed E-state index contributed by atoms with van der Waals surface area (Å²) in [5.74, 6) is 0.861. The zero-order valence-electron chi connectivity index (χ0n) is 15.2. The zero-order valence-corrected chi connectivity index (χ0v) is 15.2. The Morgan fingerprint density at radius 1 is 0.815 bits per heavy atom. The second-order valence-corrected chi connectivity index (χ2v) is 6.28. The molecule has 0 bridgehead atoms. The second-order valence-electron chi connectivity index (χ2n) is 6.28. The number of hydrogen-bond acceptors (Lipinski definition) is 4. The summed E-state index contributed by atoms with van der Waals surface area (Å²) in [4.78, 5) is 12.6. The third-order valence-electron chi connectivity index (χ3n) is 4.81. The molecular weight excluding hydrogens is 340 g/mol. The predicted molar refractivity (Wildman–Crippen MR) is 104 cm³/mol. The molecule has 1 aliphatic rings. The van der Waals surface area contributed by atoms with Gasteiger partial charge in [-0.25, -0.2) is 5.43 Å². The highest BCUT2D eigenvalue weighted by molar-refractivity contribution is 5.94. The van der Waals surface area contributed by atoms with Gasteiger partial charge >= 0.3 is 0 Å². The molecular formula is C22H20N2O3. The van der Waals surface area contributed by atoms with Crippen LogP contribution in [0.4, 0.5) is 0 Å². The number of methoxy groups -OCH3 is 2. The number of hydrogen-bond donors (Lipinski definition) is 2. The minimum atomic E-state index is -0.238. The van der Waals surface area contributed by atoms with Gasteiger partial charge in [0, 0.05) is 5.56 Å².